The number of urea groups is 1. The van der Waals surface area contributed by atoms with Crippen LogP contribution in [0.1, 0.15) is 77.3 Å². The number of unbranched alkanes of at least 4 members (excludes halogenated alkanes) is 1. The van der Waals surface area contributed by atoms with Crippen LogP contribution in [0.15, 0.2) is 24.7 Å². The number of aromatic nitrogens is 4. The van der Waals surface area contributed by atoms with Crippen molar-refractivity contribution in [2.24, 2.45) is 11.8 Å². The van der Waals surface area contributed by atoms with Gasteiger partial charge in [0.2, 0.25) is 0 Å². The lowest BCUT2D eigenvalue weighted by atomic mass is 9.91. The molecule has 1 aliphatic rings. The van der Waals surface area contributed by atoms with Crippen LogP contribution in [0.4, 0.5) is 18.0 Å². The number of ether oxygens (including phenoxy) is 1. The number of carbonyl (C=O) groups excluding carboxylic acids is 2. The number of likely N-dealkylation sites (tertiary alicyclic amines) is 1. The Morgan fingerprint density at radius 1 is 1.15 bits per heavy atom. The van der Waals surface area contributed by atoms with Crippen LogP contribution in [0.25, 0.3) is 16.8 Å². The van der Waals surface area contributed by atoms with Crippen LogP contribution < -0.4 is 5.32 Å². The minimum absolute atomic E-state index is 0.0464. The molecule has 3 aromatic rings. The monoisotopic (exact) mass is 564 g/mol. The topological polar surface area (TPSA) is 93.8 Å². The third-order valence-corrected chi connectivity index (χ3v) is 8.01. The molecule has 2 amide bonds. The predicted octanol–water partition coefficient (Wildman–Crippen LogP) is 5.88. The number of amides is 2. The van der Waals surface area contributed by atoms with Crippen LogP contribution in [0, 0.1) is 11.8 Å². The lowest BCUT2D eigenvalue weighted by molar-refractivity contribution is -0.147. The van der Waals surface area contributed by atoms with Gasteiger partial charge < -0.3 is 15.0 Å². The Hall–Kier alpha value is -3.31. The molecule has 4 heterocycles. The molecule has 0 radical (unpaired) electrons. The number of imidazole rings is 1. The summed E-state index contributed by atoms with van der Waals surface area (Å²) < 4.78 is 47.2. The Labute approximate surface area is 232 Å². The van der Waals surface area contributed by atoms with Crippen molar-refractivity contribution in [3.05, 3.63) is 30.4 Å². The third kappa shape index (κ3) is 6.87. The van der Waals surface area contributed by atoms with Crippen molar-refractivity contribution in [3.63, 3.8) is 0 Å². The summed E-state index contributed by atoms with van der Waals surface area (Å²) in [5, 5.41) is 1.98. The zero-order valence-corrected chi connectivity index (χ0v) is 23.4. The number of rotatable bonds is 12. The van der Waals surface area contributed by atoms with Crippen LogP contribution >= 0.6 is 0 Å². The van der Waals surface area contributed by atoms with Gasteiger partial charge in [0, 0.05) is 43.5 Å². The molecule has 9 nitrogen and oxygen atoms in total. The van der Waals surface area contributed by atoms with Crippen molar-refractivity contribution in [1.29, 1.82) is 0 Å². The summed E-state index contributed by atoms with van der Waals surface area (Å²) in [6.07, 6.45) is 7.21. The van der Waals surface area contributed by atoms with Crippen LogP contribution in [0.3, 0.4) is 0 Å². The average Bonchev–Trinajstić information content (AvgIpc) is 3.66. The number of nitrogens with zero attached hydrogens (tertiary/aromatic N) is 5. The smallest absolute Gasteiger partial charge is 0.405 e. The summed E-state index contributed by atoms with van der Waals surface area (Å²) in [6, 6.07) is 1.16. The Bertz CT molecular complexity index is 1300. The van der Waals surface area contributed by atoms with E-state index in [-0.39, 0.29) is 31.1 Å². The number of fused-ring (bicyclic) bond motifs is 3. The fourth-order valence-corrected chi connectivity index (χ4v) is 5.64. The van der Waals surface area contributed by atoms with Gasteiger partial charge in [-0.25, -0.2) is 14.8 Å². The Morgan fingerprint density at radius 3 is 2.65 bits per heavy atom. The standard InChI is InChI=1S/C28H39F3N6O3/c1-4-7-8-19(5-2)9-10-25(38)40-18-35-12-11-22-26(35)33-14-24-32-13-23(37(22)24)21-16-36(15-20(21)6-3)27(39)34-17-28(29,30)31/h11-14,19-21H,4-10,15-18H2,1-3H3,(H,34,39)/t19-,20-,21+/m1/s1. The first kappa shape index (κ1) is 29.7. The first-order valence-corrected chi connectivity index (χ1v) is 14.2. The molecule has 40 heavy (non-hydrogen) atoms. The van der Waals surface area contributed by atoms with Crippen molar-refractivity contribution >= 4 is 28.8 Å². The molecule has 0 unspecified atom stereocenters. The molecule has 3 aromatic heterocycles. The molecule has 0 saturated carbocycles. The highest BCUT2D eigenvalue weighted by molar-refractivity contribution is 5.77. The van der Waals surface area contributed by atoms with Crippen LogP contribution in [-0.4, -0.2) is 61.6 Å². The van der Waals surface area contributed by atoms with Crippen LogP contribution in [0.5, 0.6) is 0 Å². The first-order chi connectivity index (χ1) is 19.1. The molecular weight excluding hydrogens is 525 g/mol. The summed E-state index contributed by atoms with van der Waals surface area (Å²) in [7, 11) is 0. The molecule has 0 spiro atoms. The van der Waals surface area contributed by atoms with E-state index in [0.29, 0.717) is 30.2 Å². The first-order valence-electron chi connectivity index (χ1n) is 14.2. The van der Waals surface area contributed by atoms with Crippen molar-refractivity contribution in [1.82, 2.24) is 29.2 Å². The summed E-state index contributed by atoms with van der Waals surface area (Å²) in [4.78, 5) is 35.4. The second kappa shape index (κ2) is 12.9. The van der Waals surface area contributed by atoms with Gasteiger partial charge in [-0.05, 0) is 24.3 Å². The summed E-state index contributed by atoms with van der Waals surface area (Å²) in [6.45, 7) is 5.67. The quantitative estimate of drug-likeness (QED) is 0.278. The number of esters is 1. The summed E-state index contributed by atoms with van der Waals surface area (Å²) >= 11 is 0. The molecule has 1 saturated heterocycles. The average molecular weight is 565 g/mol. The van der Waals surface area contributed by atoms with Gasteiger partial charge in [-0.2, -0.15) is 13.2 Å². The molecular formula is C28H39F3N6O3. The van der Waals surface area contributed by atoms with Crippen molar-refractivity contribution in [2.45, 2.75) is 84.5 Å². The van der Waals surface area contributed by atoms with Crippen LogP contribution in [0.2, 0.25) is 0 Å². The molecule has 1 fully saturated rings. The van der Waals surface area contributed by atoms with Gasteiger partial charge in [0.1, 0.15) is 6.54 Å². The van der Waals surface area contributed by atoms with E-state index in [9.17, 15) is 22.8 Å². The largest absolute Gasteiger partial charge is 0.444 e. The van der Waals surface area contributed by atoms with E-state index in [4.69, 9.17) is 4.74 Å². The van der Waals surface area contributed by atoms with E-state index in [1.807, 2.05) is 28.9 Å². The predicted molar refractivity (Wildman–Crippen MR) is 145 cm³/mol. The van der Waals surface area contributed by atoms with E-state index in [0.717, 1.165) is 43.3 Å². The SMILES string of the molecule is CCCC[C@@H](CC)CCC(=O)OCn1ccc2c1ncc1ncc([C@H]3CN(C(=O)NCC(F)(F)F)C[C@H]3CC)n12. The van der Waals surface area contributed by atoms with E-state index in [1.165, 1.54) is 11.3 Å². The number of alkyl halides is 3. The Morgan fingerprint density at radius 2 is 1.95 bits per heavy atom. The molecule has 1 aliphatic heterocycles. The maximum absolute atomic E-state index is 12.6. The number of hydrogen-bond acceptors (Lipinski definition) is 5. The maximum Gasteiger partial charge on any atom is 0.405 e. The second-order valence-electron chi connectivity index (χ2n) is 10.7. The summed E-state index contributed by atoms with van der Waals surface area (Å²) in [5.41, 5.74) is 2.90. The van der Waals surface area contributed by atoms with E-state index >= 15 is 0 Å². The second-order valence-corrected chi connectivity index (χ2v) is 10.7. The number of halogens is 3. The van der Waals surface area contributed by atoms with Crippen molar-refractivity contribution in [3.8, 4) is 0 Å². The molecule has 1 N–H and O–H groups in total. The number of hydrogen-bond donors (Lipinski definition) is 1. The van der Waals surface area contributed by atoms with Gasteiger partial charge in [-0.3, -0.25) is 13.8 Å². The summed E-state index contributed by atoms with van der Waals surface area (Å²) in [5.74, 6) is 0.250. The lowest BCUT2D eigenvalue weighted by Gasteiger charge is -2.18. The van der Waals surface area contributed by atoms with Gasteiger partial charge in [0.25, 0.3) is 0 Å². The highest BCUT2D eigenvalue weighted by Crippen LogP contribution is 2.36. The zero-order chi connectivity index (χ0) is 28.9. The maximum atomic E-state index is 12.6. The van der Waals surface area contributed by atoms with Gasteiger partial charge >= 0.3 is 18.2 Å². The minimum atomic E-state index is -4.47. The lowest BCUT2D eigenvalue weighted by Crippen LogP contribution is -2.42. The number of carbonyl (C=O) groups is 2. The van der Waals surface area contributed by atoms with Gasteiger partial charge in [-0.1, -0.05) is 52.9 Å². The fraction of sp³-hybridized carbons (Fsp3) is 0.643. The van der Waals surface area contributed by atoms with E-state index in [1.54, 1.807) is 17.0 Å². The minimum Gasteiger partial charge on any atom is -0.444 e. The molecule has 0 bridgehead atoms. The molecule has 0 aromatic carbocycles. The van der Waals surface area contributed by atoms with E-state index < -0.39 is 18.8 Å². The molecule has 4 rings (SSSR count). The normalized spacial score (nSPS) is 18.5. The molecule has 3 atom stereocenters. The molecule has 12 heteroatoms. The highest BCUT2D eigenvalue weighted by atomic mass is 19.4. The third-order valence-electron chi connectivity index (χ3n) is 8.01. The van der Waals surface area contributed by atoms with Crippen LogP contribution in [-0.2, 0) is 16.3 Å². The molecule has 0 aliphatic carbocycles. The fourth-order valence-electron chi connectivity index (χ4n) is 5.64. The van der Waals surface area contributed by atoms with Gasteiger partial charge in [0.05, 0.1) is 11.7 Å². The number of nitrogens with one attached hydrogen (secondary N) is 1. The zero-order valence-electron chi connectivity index (χ0n) is 23.4. The Kier molecular flexibility index (Phi) is 9.57. The Balaban J connectivity index is 1.47. The van der Waals surface area contributed by atoms with Gasteiger partial charge in [-0.15, -0.1) is 0 Å². The van der Waals surface area contributed by atoms with Gasteiger partial charge in [0.15, 0.2) is 18.0 Å². The molecule has 220 valence electrons. The van der Waals surface area contributed by atoms with Crippen molar-refractivity contribution in [2.75, 3.05) is 19.6 Å². The van der Waals surface area contributed by atoms with E-state index in [2.05, 4.69) is 23.8 Å². The highest BCUT2D eigenvalue weighted by Gasteiger charge is 2.38. The van der Waals surface area contributed by atoms with Crippen molar-refractivity contribution < 1.29 is 27.5 Å².